The minimum Gasteiger partial charge on any atom is -0.423 e. The van der Waals surface area contributed by atoms with Gasteiger partial charge in [-0.05, 0) is 86.6 Å². The molecule has 0 aliphatic heterocycles. The molecule has 0 spiro atoms. The van der Waals surface area contributed by atoms with Crippen molar-refractivity contribution in [2.45, 2.75) is 13.8 Å². The second kappa shape index (κ2) is 11.5. The molecule has 0 bridgehead atoms. The summed E-state index contributed by atoms with van der Waals surface area (Å²) in [5.74, 6) is -0.457. The zero-order valence-corrected chi connectivity index (χ0v) is 20.0. The fraction of sp³-hybridized carbons (Fsp3) is 0.0690. The van der Waals surface area contributed by atoms with Gasteiger partial charge in [-0.2, -0.15) is 0 Å². The first kappa shape index (κ1) is 25.7. The Bertz CT molecular complexity index is 1230. The molecule has 0 unspecified atom stereocenters. The summed E-state index contributed by atoms with van der Waals surface area (Å²) in [5.41, 5.74) is 2.86. The second-order valence-corrected chi connectivity index (χ2v) is 7.78. The fourth-order valence-corrected chi connectivity index (χ4v) is 2.98. The fourth-order valence-electron chi connectivity index (χ4n) is 2.98. The maximum absolute atomic E-state index is 11.8. The largest absolute Gasteiger partial charge is 0.423 e. The van der Waals surface area contributed by atoms with Crippen molar-refractivity contribution >= 4 is 35.0 Å². The Morgan fingerprint density at radius 1 is 0.611 bits per heavy atom. The van der Waals surface area contributed by atoms with E-state index in [1.807, 2.05) is 4.90 Å². The van der Waals surface area contributed by atoms with Gasteiger partial charge in [0.1, 0.15) is 17.2 Å². The molecule has 0 amide bonds. The molecular weight excluding hydrogens is 458 g/mol. The summed E-state index contributed by atoms with van der Waals surface area (Å²) in [4.78, 5) is 37.1. The first-order chi connectivity index (χ1) is 17.2. The van der Waals surface area contributed by atoms with E-state index in [2.05, 4.69) is 19.7 Å². The van der Waals surface area contributed by atoms with Crippen LogP contribution in [0.15, 0.2) is 110 Å². The van der Waals surface area contributed by atoms with Crippen molar-refractivity contribution in [3.05, 3.63) is 110 Å². The summed E-state index contributed by atoms with van der Waals surface area (Å²) < 4.78 is 15.7. The summed E-state index contributed by atoms with van der Waals surface area (Å²) in [6.07, 6.45) is 1.09. The number of rotatable bonds is 9. The number of hydrogen-bond acceptors (Lipinski definition) is 7. The van der Waals surface area contributed by atoms with Gasteiger partial charge in [0.15, 0.2) is 0 Å². The van der Waals surface area contributed by atoms with Crippen molar-refractivity contribution < 1.29 is 28.6 Å². The molecule has 0 radical (unpaired) electrons. The molecule has 36 heavy (non-hydrogen) atoms. The third-order valence-electron chi connectivity index (χ3n) is 4.79. The van der Waals surface area contributed by atoms with Gasteiger partial charge < -0.3 is 19.1 Å². The van der Waals surface area contributed by atoms with Gasteiger partial charge in [-0.3, -0.25) is 0 Å². The summed E-state index contributed by atoms with van der Waals surface area (Å²) in [6.45, 7) is 13.7. The van der Waals surface area contributed by atoms with Gasteiger partial charge in [-0.25, -0.2) is 14.4 Å². The Morgan fingerprint density at radius 3 is 1.19 bits per heavy atom. The molecule has 0 aliphatic rings. The van der Waals surface area contributed by atoms with E-state index in [0.717, 1.165) is 23.1 Å². The van der Waals surface area contributed by atoms with E-state index in [4.69, 9.17) is 14.2 Å². The van der Waals surface area contributed by atoms with Gasteiger partial charge in [0.2, 0.25) is 0 Å². The number of esters is 3. The molecule has 0 N–H and O–H groups in total. The van der Waals surface area contributed by atoms with Gasteiger partial charge in [-0.15, -0.1) is 0 Å². The Labute approximate surface area is 209 Å². The summed E-state index contributed by atoms with van der Waals surface area (Å²) in [5, 5.41) is 0. The molecule has 7 heteroatoms. The van der Waals surface area contributed by atoms with Crippen LogP contribution in [0.2, 0.25) is 0 Å². The zero-order chi connectivity index (χ0) is 26.2. The van der Waals surface area contributed by atoms with Crippen LogP contribution >= 0.6 is 0 Å². The minimum absolute atomic E-state index is 0.297. The maximum Gasteiger partial charge on any atom is 0.338 e. The summed E-state index contributed by atoms with van der Waals surface area (Å²) >= 11 is 0. The lowest BCUT2D eigenvalue weighted by atomic mass is 10.2. The van der Waals surface area contributed by atoms with Crippen LogP contribution < -0.4 is 19.1 Å². The normalized spacial score (nSPS) is 10.1. The van der Waals surface area contributed by atoms with E-state index in [-0.39, 0.29) is 0 Å². The number of nitrogens with zero attached hydrogens (tertiary/aromatic N) is 1. The molecule has 3 aromatic carbocycles. The highest BCUT2D eigenvalue weighted by atomic mass is 16.5. The molecule has 7 nitrogen and oxygen atoms in total. The molecule has 0 aliphatic carbocycles. The van der Waals surface area contributed by atoms with Crippen molar-refractivity contribution in [3.63, 3.8) is 0 Å². The number of anilines is 3. The SMILES string of the molecule is C=CC(=O)Oc1ccc(N(c2ccc(OC(=O)C(=C)C)cc2)c2ccc(OC(=O)C(=C)C)cc2)cc1. The highest BCUT2D eigenvalue weighted by molar-refractivity contribution is 5.89. The van der Waals surface area contributed by atoms with E-state index in [0.29, 0.717) is 28.4 Å². The number of benzene rings is 3. The lowest BCUT2D eigenvalue weighted by Crippen LogP contribution is -2.12. The van der Waals surface area contributed by atoms with Crippen LogP contribution in [0, 0.1) is 0 Å². The molecule has 3 rings (SSSR count). The molecule has 182 valence electrons. The van der Waals surface area contributed by atoms with Crippen molar-refractivity contribution in [1.82, 2.24) is 0 Å². The predicted molar refractivity (Wildman–Crippen MR) is 138 cm³/mol. The summed E-state index contributed by atoms with van der Waals surface area (Å²) in [6, 6.07) is 20.8. The number of hydrogen-bond donors (Lipinski definition) is 0. The Morgan fingerprint density at radius 2 is 0.917 bits per heavy atom. The Kier molecular flexibility index (Phi) is 8.20. The molecule has 0 atom stereocenters. The second-order valence-electron chi connectivity index (χ2n) is 7.78. The number of carbonyl (C=O) groups excluding carboxylic acids is 3. The molecule has 0 aromatic heterocycles. The Hall–Kier alpha value is -4.91. The quantitative estimate of drug-likeness (QED) is 0.203. The number of ether oxygens (including phenoxy) is 3. The first-order valence-corrected chi connectivity index (χ1v) is 10.9. The van der Waals surface area contributed by atoms with Crippen LogP contribution in [0.3, 0.4) is 0 Å². The van der Waals surface area contributed by atoms with Crippen LogP contribution in [-0.2, 0) is 14.4 Å². The molecule has 0 heterocycles. The number of carbonyl (C=O) groups is 3. The van der Waals surface area contributed by atoms with E-state index in [1.54, 1.807) is 86.6 Å². The topological polar surface area (TPSA) is 82.1 Å². The standard InChI is InChI=1S/C29H25NO6/c1-6-27(31)34-24-13-7-21(8-14-24)30(22-9-15-25(16-10-22)35-28(32)19(2)3)23-11-17-26(18-12-23)36-29(33)20(4)5/h6-18H,1-2,4H2,3,5H3. The van der Waals surface area contributed by atoms with Crippen molar-refractivity contribution in [3.8, 4) is 17.2 Å². The van der Waals surface area contributed by atoms with Gasteiger partial charge in [0.05, 0.1) is 0 Å². The van der Waals surface area contributed by atoms with E-state index >= 15 is 0 Å². The van der Waals surface area contributed by atoms with E-state index in [1.165, 1.54) is 0 Å². The first-order valence-electron chi connectivity index (χ1n) is 10.9. The molecule has 0 saturated heterocycles. The highest BCUT2D eigenvalue weighted by Gasteiger charge is 2.15. The predicted octanol–water partition coefficient (Wildman–Crippen LogP) is 6.21. The van der Waals surface area contributed by atoms with Crippen LogP contribution in [0.5, 0.6) is 17.2 Å². The van der Waals surface area contributed by atoms with Crippen molar-refractivity contribution in [2.75, 3.05) is 4.90 Å². The third kappa shape index (κ3) is 6.57. The third-order valence-corrected chi connectivity index (χ3v) is 4.79. The Balaban J connectivity index is 1.95. The van der Waals surface area contributed by atoms with Crippen LogP contribution in [-0.4, -0.2) is 17.9 Å². The smallest absolute Gasteiger partial charge is 0.338 e. The highest BCUT2D eigenvalue weighted by Crippen LogP contribution is 2.37. The van der Waals surface area contributed by atoms with E-state index in [9.17, 15) is 14.4 Å². The molecular formula is C29H25NO6. The molecule has 0 fully saturated rings. The molecule has 0 saturated carbocycles. The van der Waals surface area contributed by atoms with E-state index < -0.39 is 17.9 Å². The average Bonchev–Trinajstić information content (AvgIpc) is 2.87. The van der Waals surface area contributed by atoms with Crippen molar-refractivity contribution in [2.24, 2.45) is 0 Å². The summed E-state index contributed by atoms with van der Waals surface area (Å²) in [7, 11) is 0. The van der Waals surface area contributed by atoms with Gasteiger partial charge >= 0.3 is 17.9 Å². The van der Waals surface area contributed by atoms with Gasteiger partial charge in [0, 0.05) is 34.3 Å². The zero-order valence-electron chi connectivity index (χ0n) is 20.0. The van der Waals surface area contributed by atoms with Gasteiger partial charge in [-0.1, -0.05) is 19.7 Å². The van der Waals surface area contributed by atoms with Gasteiger partial charge in [0.25, 0.3) is 0 Å². The van der Waals surface area contributed by atoms with Crippen LogP contribution in [0.25, 0.3) is 0 Å². The van der Waals surface area contributed by atoms with Crippen molar-refractivity contribution in [1.29, 1.82) is 0 Å². The van der Waals surface area contributed by atoms with Crippen LogP contribution in [0.1, 0.15) is 13.8 Å². The molecule has 3 aromatic rings. The monoisotopic (exact) mass is 483 g/mol. The maximum atomic E-state index is 11.8. The lowest BCUT2D eigenvalue weighted by molar-refractivity contribution is -0.130. The lowest BCUT2D eigenvalue weighted by Gasteiger charge is -2.26. The average molecular weight is 484 g/mol. The van der Waals surface area contributed by atoms with Crippen LogP contribution in [0.4, 0.5) is 17.1 Å². The minimum atomic E-state index is -0.556.